The smallest absolute Gasteiger partial charge is 0.236 e. The molecule has 0 aromatic rings. The molecule has 0 aliphatic carbocycles. The highest BCUT2D eigenvalue weighted by molar-refractivity contribution is 5.81. The van der Waals surface area contributed by atoms with Crippen LogP contribution in [0.4, 0.5) is 0 Å². The summed E-state index contributed by atoms with van der Waals surface area (Å²) in [5, 5.41) is 14.3. The maximum Gasteiger partial charge on any atom is 0.236 e. The fraction of sp³-hybridized carbons (Fsp3) is 0.800. The summed E-state index contributed by atoms with van der Waals surface area (Å²) in [6.45, 7) is 6.89. The summed E-state index contributed by atoms with van der Waals surface area (Å²) in [6, 6.07) is 1.88. The molecule has 14 heavy (non-hydrogen) atoms. The predicted molar refractivity (Wildman–Crippen MR) is 55.5 cm³/mol. The molecule has 2 N–H and O–H groups in total. The van der Waals surface area contributed by atoms with Crippen LogP contribution in [0.25, 0.3) is 0 Å². The number of nitriles is 1. The van der Waals surface area contributed by atoms with E-state index in [1.165, 1.54) is 0 Å². The lowest BCUT2D eigenvalue weighted by atomic mass is 10.2. The van der Waals surface area contributed by atoms with Gasteiger partial charge in [0.15, 0.2) is 0 Å². The third-order valence-electron chi connectivity index (χ3n) is 1.89. The van der Waals surface area contributed by atoms with E-state index in [0.29, 0.717) is 13.1 Å². The van der Waals surface area contributed by atoms with Gasteiger partial charge in [0.1, 0.15) is 0 Å². The molecule has 0 fully saturated rings. The van der Waals surface area contributed by atoms with Crippen LogP contribution in [-0.4, -0.2) is 25.0 Å². The van der Waals surface area contributed by atoms with Crippen molar-refractivity contribution in [2.24, 2.45) is 5.92 Å². The zero-order valence-corrected chi connectivity index (χ0v) is 9.13. The number of carbonyl (C=O) groups is 1. The molecule has 0 aromatic heterocycles. The zero-order valence-electron chi connectivity index (χ0n) is 9.13. The molecular weight excluding hydrogens is 178 g/mol. The van der Waals surface area contributed by atoms with Crippen LogP contribution in [-0.2, 0) is 4.79 Å². The van der Waals surface area contributed by atoms with Crippen LogP contribution >= 0.6 is 0 Å². The van der Waals surface area contributed by atoms with Crippen molar-refractivity contribution in [3.05, 3.63) is 0 Å². The van der Waals surface area contributed by atoms with Gasteiger partial charge in [-0.05, 0) is 20.3 Å². The summed E-state index contributed by atoms with van der Waals surface area (Å²) in [6.07, 6.45) is 0.938. The molecule has 80 valence electrons. The van der Waals surface area contributed by atoms with E-state index in [-0.39, 0.29) is 17.9 Å². The summed E-state index contributed by atoms with van der Waals surface area (Å²) in [5.74, 6) is -0.0617. The molecule has 0 spiro atoms. The molecule has 0 aliphatic heterocycles. The Bertz CT molecular complexity index is 210. The van der Waals surface area contributed by atoms with Crippen molar-refractivity contribution in [2.75, 3.05) is 13.1 Å². The average Bonchev–Trinajstić information content (AvgIpc) is 2.21. The van der Waals surface area contributed by atoms with E-state index < -0.39 is 0 Å². The molecule has 2 atom stereocenters. The summed E-state index contributed by atoms with van der Waals surface area (Å²) in [5.41, 5.74) is 0. The fourth-order valence-electron chi connectivity index (χ4n) is 0.893. The standard InChI is InChI=1S/C10H19N3O/c1-4-5-12-10(14)9(3)13-7-8(2)6-11/h8-9,13H,4-5,7H2,1-3H3,(H,12,14). The Balaban J connectivity index is 3.68. The minimum absolute atomic E-state index is 0.00279. The number of hydrogen-bond acceptors (Lipinski definition) is 3. The lowest BCUT2D eigenvalue weighted by Crippen LogP contribution is -2.43. The number of hydrogen-bond donors (Lipinski definition) is 2. The maximum absolute atomic E-state index is 11.3. The fourth-order valence-corrected chi connectivity index (χ4v) is 0.893. The average molecular weight is 197 g/mol. The van der Waals surface area contributed by atoms with Crippen molar-refractivity contribution < 1.29 is 4.79 Å². The van der Waals surface area contributed by atoms with Gasteiger partial charge in [-0.25, -0.2) is 0 Å². The van der Waals surface area contributed by atoms with Crippen LogP contribution in [0.3, 0.4) is 0 Å². The Morgan fingerprint density at radius 1 is 1.50 bits per heavy atom. The summed E-state index contributed by atoms with van der Waals surface area (Å²) >= 11 is 0. The number of nitrogens with zero attached hydrogens (tertiary/aromatic N) is 1. The van der Waals surface area contributed by atoms with Crippen molar-refractivity contribution >= 4 is 5.91 Å². The molecule has 4 heteroatoms. The Morgan fingerprint density at radius 2 is 2.14 bits per heavy atom. The van der Waals surface area contributed by atoms with E-state index in [4.69, 9.17) is 5.26 Å². The SMILES string of the molecule is CCCNC(=O)C(C)NCC(C)C#N. The largest absolute Gasteiger partial charge is 0.355 e. The maximum atomic E-state index is 11.3. The molecule has 2 unspecified atom stereocenters. The molecule has 0 saturated heterocycles. The molecule has 0 radical (unpaired) electrons. The molecule has 4 nitrogen and oxygen atoms in total. The molecule has 0 rings (SSSR count). The third-order valence-corrected chi connectivity index (χ3v) is 1.89. The monoisotopic (exact) mass is 197 g/mol. The van der Waals surface area contributed by atoms with Crippen molar-refractivity contribution in [2.45, 2.75) is 33.2 Å². The van der Waals surface area contributed by atoms with E-state index in [2.05, 4.69) is 16.7 Å². The van der Waals surface area contributed by atoms with Gasteiger partial charge in [-0.3, -0.25) is 4.79 Å². The van der Waals surface area contributed by atoms with Gasteiger partial charge in [0.2, 0.25) is 5.91 Å². The molecule has 0 heterocycles. The first-order chi connectivity index (χ1) is 6.61. The highest BCUT2D eigenvalue weighted by atomic mass is 16.2. The Labute approximate surface area is 85.7 Å². The molecule has 1 amide bonds. The second kappa shape index (κ2) is 7.34. The topological polar surface area (TPSA) is 64.9 Å². The Morgan fingerprint density at radius 3 is 2.64 bits per heavy atom. The van der Waals surface area contributed by atoms with E-state index >= 15 is 0 Å². The summed E-state index contributed by atoms with van der Waals surface area (Å²) < 4.78 is 0. The highest BCUT2D eigenvalue weighted by Crippen LogP contribution is 1.90. The first kappa shape index (κ1) is 12.9. The summed E-state index contributed by atoms with van der Waals surface area (Å²) in [4.78, 5) is 11.3. The summed E-state index contributed by atoms with van der Waals surface area (Å²) in [7, 11) is 0. The van der Waals surface area contributed by atoms with Crippen molar-refractivity contribution in [3.8, 4) is 6.07 Å². The van der Waals surface area contributed by atoms with E-state index in [9.17, 15) is 4.79 Å². The van der Waals surface area contributed by atoms with Crippen molar-refractivity contribution in [3.63, 3.8) is 0 Å². The van der Waals surface area contributed by atoms with Gasteiger partial charge in [0.25, 0.3) is 0 Å². The van der Waals surface area contributed by atoms with Crippen LogP contribution in [0, 0.1) is 17.2 Å². The van der Waals surface area contributed by atoms with Crippen molar-refractivity contribution in [1.82, 2.24) is 10.6 Å². The normalized spacial score (nSPS) is 14.1. The van der Waals surface area contributed by atoms with Gasteiger partial charge in [-0.1, -0.05) is 6.92 Å². The van der Waals surface area contributed by atoms with E-state index in [1.807, 2.05) is 13.8 Å². The number of rotatable bonds is 6. The minimum atomic E-state index is -0.225. The molecule has 0 bridgehead atoms. The molecule has 0 aromatic carbocycles. The molecule has 0 saturated carbocycles. The minimum Gasteiger partial charge on any atom is -0.355 e. The Hall–Kier alpha value is -1.08. The van der Waals surface area contributed by atoms with Gasteiger partial charge in [0.05, 0.1) is 18.0 Å². The second-order valence-corrected chi connectivity index (χ2v) is 3.45. The van der Waals surface area contributed by atoms with Gasteiger partial charge >= 0.3 is 0 Å². The quantitative estimate of drug-likeness (QED) is 0.657. The van der Waals surface area contributed by atoms with Gasteiger partial charge in [-0.15, -0.1) is 0 Å². The van der Waals surface area contributed by atoms with Gasteiger partial charge < -0.3 is 10.6 Å². The number of nitrogens with one attached hydrogen (secondary N) is 2. The first-order valence-electron chi connectivity index (χ1n) is 5.02. The third kappa shape index (κ3) is 5.55. The lowest BCUT2D eigenvalue weighted by molar-refractivity contribution is -0.122. The predicted octanol–water partition coefficient (Wildman–Crippen LogP) is 0.650. The second-order valence-electron chi connectivity index (χ2n) is 3.45. The van der Waals surface area contributed by atoms with Crippen LogP contribution in [0.15, 0.2) is 0 Å². The van der Waals surface area contributed by atoms with Crippen LogP contribution in [0.5, 0.6) is 0 Å². The van der Waals surface area contributed by atoms with E-state index in [0.717, 1.165) is 6.42 Å². The lowest BCUT2D eigenvalue weighted by Gasteiger charge is -2.14. The zero-order chi connectivity index (χ0) is 11.0. The first-order valence-corrected chi connectivity index (χ1v) is 5.02. The molecular formula is C10H19N3O. The van der Waals surface area contributed by atoms with Gasteiger partial charge in [0, 0.05) is 13.1 Å². The van der Waals surface area contributed by atoms with Crippen LogP contribution in [0.2, 0.25) is 0 Å². The Kier molecular flexibility index (Phi) is 6.77. The van der Waals surface area contributed by atoms with E-state index in [1.54, 1.807) is 6.92 Å². The van der Waals surface area contributed by atoms with Gasteiger partial charge in [-0.2, -0.15) is 5.26 Å². The van der Waals surface area contributed by atoms with Crippen LogP contribution < -0.4 is 10.6 Å². The van der Waals surface area contributed by atoms with Crippen LogP contribution in [0.1, 0.15) is 27.2 Å². The number of amides is 1. The number of carbonyl (C=O) groups excluding carboxylic acids is 1. The van der Waals surface area contributed by atoms with Crippen molar-refractivity contribution in [1.29, 1.82) is 5.26 Å². The highest BCUT2D eigenvalue weighted by Gasteiger charge is 2.11. The molecule has 0 aliphatic rings.